The monoisotopic (exact) mass is 491 g/mol. The van der Waals surface area contributed by atoms with E-state index in [1.807, 2.05) is 6.92 Å². The van der Waals surface area contributed by atoms with Crippen LogP contribution in [0, 0.1) is 17.8 Å². The number of piperidine rings is 1. The first kappa shape index (κ1) is 25.9. The summed E-state index contributed by atoms with van der Waals surface area (Å²) in [5.74, 6) is 1.88. The highest BCUT2D eigenvalue weighted by atomic mass is 16.6. The lowest BCUT2D eigenvalue weighted by molar-refractivity contribution is -0.139. The summed E-state index contributed by atoms with van der Waals surface area (Å²) in [5, 5.41) is 18.3. The number of ether oxygens (including phenoxy) is 2. The van der Waals surface area contributed by atoms with E-state index < -0.39 is 0 Å². The van der Waals surface area contributed by atoms with Crippen LogP contribution in [0.25, 0.3) is 0 Å². The molecule has 0 radical (unpaired) electrons. The Bertz CT molecular complexity index is 688. The van der Waals surface area contributed by atoms with Gasteiger partial charge in [0.2, 0.25) is 5.91 Å². The number of hydrogen-bond acceptors (Lipinski definition) is 7. The van der Waals surface area contributed by atoms with Crippen molar-refractivity contribution in [2.24, 2.45) is 17.8 Å². The third-order valence-electron chi connectivity index (χ3n) is 9.42. The van der Waals surface area contributed by atoms with E-state index in [0.717, 1.165) is 64.1 Å². The van der Waals surface area contributed by atoms with Crippen molar-refractivity contribution in [2.75, 3.05) is 26.2 Å². The lowest BCUT2D eigenvalue weighted by Crippen LogP contribution is -2.66. The molecule has 1 amide bonds. The van der Waals surface area contributed by atoms with Crippen LogP contribution in [0.5, 0.6) is 0 Å². The van der Waals surface area contributed by atoms with Crippen molar-refractivity contribution in [1.82, 2.24) is 26.6 Å². The molecule has 3 heterocycles. The second kappa shape index (κ2) is 12.2. The number of carbonyl (C=O) groups excluding carboxylic acids is 1. The van der Waals surface area contributed by atoms with E-state index in [0.29, 0.717) is 30.5 Å². The van der Waals surface area contributed by atoms with Gasteiger partial charge in [-0.25, -0.2) is 0 Å². The Hall–Kier alpha value is -0.770. The number of hydrogen-bond donors (Lipinski definition) is 5. The van der Waals surface area contributed by atoms with E-state index in [1.165, 1.54) is 25.7 Å². The Kier molecular flexibility index (Phi) is 9.00. The van der Waals surface area contributed by atoms with Gasteiger partial charge in [0.05, 0.1) is 12.2 Å². The van der Waals surface area contributed by atoms with Crippen LogP contribution >= 0.6 is 0 Å². The summed E-state index contributed by atoms with van der Waals surface area (Å²) in [6.45, 7) is 8.45. The Balaban J connectivity index is 1.11. The van der Waals surface area contributed by atoms with Gasteiger partial charge in [0, 0.05) is 24.7 Å². The van der Waals surface area contributed by atoms with Crippen molar-refractivity contribution in [1.29, 1.82) is 0 Å². The van der Waals surface area contributed by atoms with Gasteiger partial charge in [-0.15, -0.1) is 0 Å². The average molecular weight is 492 g/mol. The topological polar surface area (TPSA) is 95.7 Å². The van der Waals surface area contributed by atoms with Crippen LogP contribution in [0.15, 0.2) is 0 Å². The van der Waals surface area contributed by atoms with Gasteiger partial charge in [0.1, 0.15) is 12.4 Å². The quantitative estimate of drug-likeness (QED) is 0.371. The standard InChI is InChI=1S/C27H49N5O3/c1-3-34-23-8-4-6-18-14-24(35-25(18)23)26(33)30-20-10-9-17(2)22(15-20)32-27-29-13-11-21(31-27)19-7-5-12-28-16-19/h17-25,27-29,31-32H,3-16H2,1-2H3,(H,30,33). The van der Waals surface area contributed by atoms with Gasteiger partial charge in [0.25, 0.3) is 0 Å². The second-order valence-electron chi connectivity index (χ2n) is 11.8. The molecule has 35 heavy (non-hydrogen) atoms. The van der Waals surface area contributed by atoms with Gasteiger partial charge in [-0.1, -0.05) is 13.3 Å². The molecule has 2 aliphatic carbocycles. The predicted octanol–water partition coefficient (Wildman–Crippen LogP) is 1.85. The summed E-state index contributed by atoms with van der Waals surface area (Å²) in [5.41, 5.74) is 0. The Morgan fingerprint density at radius 1 is 1.03 bits per heavy atom. The summed E-state index contributed by atoms with van der Waals surface area (Å²) >= 11 is 0. The highest BCUT2D eigenvalue weighted by molar-refractivity contribution is 5.81. The molecule has 3 aliphatic heterocycles. The van der Waals surface area contributed by atoms with Gasteiger partial charge in [-0.2, -0.15) is 0 Å². The molecule has 3 saturated heterocycles. The maximum absolute atomic E-state index is 13.2. The molecular formula is C27H49N5O3. The fourth-order valence-corrected chi connectivity index (χ4v) is 7.38. The molecule has 5 rings (SSSR count). The summed E-state index contributed by atoms with van der Waals surface area (Å²) in [7, 11) is 0. The van der Waals surface area contributed by atoms with Crippen LogP contribution in [0.3, 0.4) is 0 Å². The number of rotatable bonds is 7. The van der Waals surface area contributed by atoms with E-state index in [2.05, 4.69) is 33.5 Å². The Morgan fingerprint density at radius 3 is 2.74 bits per heavy atom. The molecule has 5 fully saturated rings. The highest BCUT2D eigenvalue weighted by Crippen LogP contribution is 2.39. The smallest absolute Gasteiger partial charge is 0.249 e. The van der Waals surface area contributed by atoms with Gasteiger partial charge in [-0.05, 0) is 102 Å². The number of amides is 1. The lowest BCUT2D eigenvalue weighted by atomic mass is 9.82. The minimum atomic E-state index is -0.316. The first-order chi connectivity index (χ1) is 17.1. The molecule has 8 nitrogen and oxygen atoms in total. The zero-order valence-corrected chi connectivity index (χ0v) is 21.9. The van der Waals surface area contributed by atoms with Crippen LogP contribution in [-0.4, -0.2) is 74.9 Å². The molecule has 10 unspecified atom stereocenters. The van der Waals surface area contributed by atoms with Crippen molar-refractivity contribution in [3.63, 3.8) is 0 Å². The minimum Gasteiger partial charge on any atom is -0.376 e. The number of carbonyl (C=O) groups is 1. The molecule has 0 aromatic rings. The fraction of sp³-hybridized carbons (Fsp3) is 0.963. The van der Waals surface area contributed by atoms with E-state index in [-0.39, 0.29) is 36.6 Å². The first-order valence-electron chi connectivity index (χ1n) is 14.6. The van der Waals surface area contributed by atoms with Crippen LogP contribution in [0.2, 0.25) is 0 Å². The molecule has 0 aromatic heterocycles. The second-order valence-corrected chi connectivity index (χ2v) is 11.8. The Labute approximate surface area is 211 Å². The molecule has 10 atom stereocenters. The normalized spacial score (nSPS) is 44.5. The van der Waals surface area contributed by atoms with E-state index in [1.54, 1.807) is 0 Å². The van der Waals surface area contributed by atoms with E-state index >= 15 is 0 Å². The highest BCUT2D eigenvalue weighted by Gasteiger charge is 2.45. The molecule has 200 valence electrons. The van der Waals surface area contributed by atoms with Crippen molar-refractivity contribution >= 4 is 5.91 Å². The third kappa shape index (κ3) is 6.39. The van der Waals surface area contributed by atoms with Gasteiger partial charge >= 0.3 is 0 Å². The average Bonchev–Trinajstić information content (AvgIpc) is 3.33. The summed E-state index contributed by atoms with van der Waals surface area (Å²) in [6, 6.07) is 1.17. The van der Waals surface area contributed by atoms with Crippen LogP contribution < -0.4 is 26.6 Å². The van der Waals surface area contributed by atoms with Crippen LogP contribution in [0.1, 0.15) is 78.1 Å². The zero-order valence-electron chi connectivity index (χ0n) is 21.9. The fourth-order valence-electron chi connectivity index (χ4n) is 7.38. The summed E-state index contributed by atoms with van der Waals surface area (Å²) < 4.78 is 12.2. The van der Waals surface area contributed by atoms with E-state index in [9.17, 15) is 4.79 Å². The number of fused-ring (bicyclic) bond motifs is 1. The Morgan fingerprint density at radius 2 is 1.91 bits per heavy atom. The molecule has 0 bridgehead atoms. The maximum Gasteiger partial charge on any atom is 0.249 e. The molecule has 2 saturated carbocycles. The molecule has 0 aromatic carbocycles. The van der Waals surface area contributed by atoms with Crippen molar-refractivity contribution in [3.05, 3.63) is 0 Å². The first-order valence-corrected chi connectivity index (χ1v) is 14.6. The van der Waals surface area contributed by atoms with Gasteiger partial charge in [-0.3, -0.25) is 20.7 Å². The van der Waals surface area contributed by atoms with E-state index in [4.69, 9.17) is 9.47 Å². The summed E-state index contributed by atoms with van der Waals surface area (Å²) in [4.78, 5) is 13.2. The van der Waals surface area contributed by atoms with Crippen LogP contribution in [-0.2, 0) is 14.3 Å². The molecule has 0 spiro atoms. The van der Waals surface area contributed by atoms with Gasteiger partial charge < -0.3 is 20.1 Å². The van der Waals surface area contributed by atoms with Crippen molar-refractivity contribution < 1.29 is 14.3 Å². The van der Waals surface area contributed by atoms with Gasteiger partial charge in [0.15, 0.2) is 0 Å². The maximum atomic E-state index is 13.2. The minimum absolute atomic E-state index is 0.0896. The number of nitrogens with one attached hydrogen (secondary N) is 5. The molecular weight excluding hydrogens is 442 g/mol. The predicted molar refractivity (Wildman–Crippen MR) is 137 cm³/mol. The molecule has 5 N–H and O–H groups in total. The zero-order chi connectivity index (χ0) is 24.2. The van der Waals surface area contributed by atoms with Crippen molar-refractivity contribution in [2.45, 2.75) is 121 Å². The largest absolute Gasteiger partial charge is 0.376 e. The van der Waals surface area contributed by atoms with Crippen LogP contribution in [0.4, 0.5) is 0 Å². The lowest BCUT2D eigenvalue weighted by Gasteiger charge is -2.42. The molecule has 5 aliphatic rings. The molecule has 8 heteroatoms. The summed E-state index contributed by atoms with van der Waals surface area (Å²) in [6.07, 6.45) is 11.3. The third-order valence-corrected chi connectivity index (χ3v) is 9.42. The SMILES string of the molecule is CCOC1CCCC2CC(C(=O)NC3CCC(C)C(NC4NCCC(C5CCCNC5)N4)C3)OC21. The van der Waals surface area contributed by atoms with Crippen molar-refractivity contribution in [3.8, 4) is 0 Å².